The van der Waals surface area contributed by atoms with E-state index in [2.05, 4.69) is 42.2 Å². The Hall–Kier alpha value is -2.49. The van der Waals surface area contributed by atoms with E-state index in [1.165, 1.54) is 11.3 Å². The first kappa shape index (κ1) is 19.8. The molecule has 0 spiro atoms. The lowest BCUT2D eigenvalue weighted by Crippen LogP contribution is -2.37. The fourth-order valence-electron chi connectivity index (χ4n) is 2.93. The van der Waals surface area contributed by atoms with Gasteiger partial charge in [-0.1, -0.05) is 30.3 Å². The Morgan fingerprint density at radius 2 is 1.86 bits per heavy atom. The molecule has 6 nitrogen and oxygen atoms in total. The molecule has 0 atom stereocenters. The van der Waals surface area contributed by atoms with Gasteiger partial charge in [0.2, 0.25) is 0 Å². The summed E-state index contributed by atoms with van der Waals surface area (Å²) in [5.74, 6) is -1.27. The molecule has 0 aliphatic rings. The van der Waals surface area contributed by atoms with Gasteiger partial charge < -0.3 is 10.1 Å². The zero-order valence-electron chi connectivity index (χ0n) is 14.8. The lowest BCUT2D eigenvalue weighted by molar-refractivity contribution is -0.644. The van der Waals surface area contributed by atoms with Crippen molar-refractivity contribution in [2.45, 2.75) is 6.54 Å². The normalized spacial score (nSPS) is 11.0. The van der Waals surface area contributed by atoms with Crippen molar-refractivity contribution in [2.24, 2.45) is 0 Å². The van der Waals surface area contributed by atoms with Crippen LogP contribution in [0.25, 0.3) is 10.2 Å². The molecule has 0 fully saturated rings. The first-order valence-corrected chi connectivity index (χ1v) is 10.9. The van der Waals surface area contributed by atoms with Gasteiger partial charge in [0.05, 0.1) is 19.3 Å². The fraction of sp³-hybridized carbons (Fsp3) is 0.0500. The van der Waals surface area contributed by atoms with Gasteiger partial charge in [0.25, 0.3) is 0 Å². The first-order valence-electron chi connectivity index (χ1n) is 8.51. The minimum atomic E-state index is -0.985. The summed E-state index contributed by atoms with van der Waals surface area (Å²) < 4.78 is 4.20. The Labute approximate surface area is 186 Å². The number of anilines is 1. The summed E-state index contributed by atoms with van der Waals surface area (Å²) in [7, 11) is 0. The van der Waals surface area contributed by atoms with Crippen LogP contribution in [0.15, 0.2) is 63.7 Å². The number of carboxylic acid groups (broad SMARTS) is 1. The summed E-state index contributed by atoms with van der Waals surface area (Å²) in [6.45, 7) is 0.543. The van der Waals surface area contributed by atoms with Crippen molar-refractivity contribution in [1.82, 2.24) is 4.98 Å². The number of thiazole rings is 1. The Kier molecular flexibility index (Phi) is 5.53. The van der Waals surface area contributed by atoms with E-state index in [1.807, 2.05) is 34.9 Å². The minimum absolute atomic E-state index is 0.209. The number of benzene rings is 2. The summed E-state index contributed by atoms with van der Waals surface area (Å²) in [6.07, 6.45) is 0. The van der Waals surface area contributed by atoms with Crippen LogP contribution in [-0.4, -0.2) is 22.0 Å². The zero-order valence-corrected chi connectivity index (χ0v) is 18.8. The van der Waals surface area contributed by atoms with Crippen molar-refractivity contribution in [3.05, 3.63) is 80.5 Å². The molecule has 1 amide bonds. The highest BCUT2D eigenvalue weighted by molar-refractivity contribution is 9.13. The molecule has 0 bridgehead atoms. The van der Waals surface area contributed by atoms with Crippen molar-refractivity contribution >= 4 is 70.4 Å². The van der Waals surface area contributed by atoms with Gasteiger partial charge in [-0.2, -0.15) is 5.32 Å². The van der Waals surface area contributed by atoms with Crippen LogP contribution in [0.5, 0.6) is 0 Å². The molecule has 0 saturated heterocycles. The van der Waals surface area contributed by atoms with Gasteiger partial charge in [-0.15, -0.1) is 0 Å². The van der Waals surface area contributed by atoms with E-state index >= 15 is 0 Å². The maximum absolute atomic E-state index is 12.8. The maximum Gasteiger partial charge on any atom is 0.356 e. The van der Waals surface area contributed by atoms with Crippen LogP contribution >= 0.6 is 43.2 Å². The number of halogens is 2. The lowest BCUT2D eigenvalue weighted by Gasteiger charge is -2.03. The van der Waals surface area contributed by atoms with Crippen molar-refractivity contribution in [3.8, 4) is 0 Å². The van der Waals surface area contributed by atoms with Crippen molar-refractivity contribution in [3.63, 3.8) is 0 Å². The second kappa shape index (κ2) is 8.10. The number of H-pyrrole nitrogens is 1. The number of fused-ring (bicyclic) bond motifs is 1. The molecule has 29 heavy (non-hydrogen) atoms. The molecule has 2 aromatic heterocycles. The lowest BCUT2D eigenvalue weighted by atomic mass is 10.2. The molecule has 3 N–H and O–H groups in total. The molecule has 146 valence electrons. The molecule has 0 radical (unpaired) electrons. The summed E-state index contributed by atoms with van der Waals surface area (Å²) >= 11 is 8.04. The molecule has 9 heteroatoms. The van der Waals surface area contributed by atoms with Gasteiger partial charge in [0.15, 0.2) is 0 Å². The number of aromatic nitrogens is 2. The highest BCUT2D eigenvalue weighted by Gasteiger charge is 2.24. The van der Waals surface area contributed by atoms with Gasteiger partial charge in [-0.05, 0) is 73.0 Å². The second-order valence-corrected chi connectivity index (χ2v) is 8.94. The summed E-state index contributed by atoms with van der Waals surface area (Å²) in [6, 6.07) is 16.5. The number of nitrogens with one attached hydrogen (secondary N) is 2. The number of hydrogen-bond acceptors (Lipinski definition) is 3. The van der Waals surface area contributed by atoms with Gasteiger partial charge in [-0.25, -0.2) is 14.2 Å². The summed E-state index contributed by atoms with van der Waals surface area (Å²) in [5, 5.41) is 12.9. The first-order chi connectivity index (χ1) is 13.9. The molecule has 4 rings (SSSR count). The van der Waals surface area contributed by atoms with Crippen LogP contribution < -0.4 is 9.88 Å². The average molecular weight is 536 g/mol. The number of carbonyl (C=O) groups is 2. The third kappa shape index (κ3) is 4.12. The molecule has 4 aromatic rings. The van der Waals surface area contributed by atoms with E-state index in [1.54, 1.807) is 24.3 Å². The maximum atomic E-state index is 12.8. The third-order valence-electron chi connectivity index (χ3n) is 4.32. The van der Waals surface area contributed by atoms with Crippen LogP contribution in [0.3, 0.4) is 0 Å². The van der Waals surface area contributed by atoms with Gasteiger partial charge >= 0.3 is 17.0 Å². The van der Waals surface area contributed by atoms with Crippen molar-refractivity contribution < 1.29 is 19.3 Å². The fourth-order valence-corrected chi connectivity index (χ4v) is 4.68. The number of amides is 1. The highest BCUT2D eigenvalue weighted by atomic mass is 79.9. The Morgan fingerprint density at radius 3 is 2.52 bits per heavy atom. The highest BCUT2D eigenvalue weighted by Crippen LogP contribution is 2.28. The molecule has 0 saturated carbocycles. The SMILES string of the molecule is O=C(O)c1ccc2c(c1)sc(NC(=O)c1cc(Br)c(Br)[nH]1)[n+]2Cc1ccccc1. The number of aromatic amines is 1. The van der Waals surface area contributed by atoms with Crippen LogP contribution in [-0.2, 0) is 6.54 Å². The third-order valence-corrected chi connectivity index (χ3v) is 7.17. The van der Waals surface area contributed by atoms with Crippen LogP contribution in [0.1, 0.15) is 26.4 Å². The largest absolute Gasteiger partial charge is 0.478 e. The van der Waals surface area contributed by atoms with Gasteiger partial charge in [0, 0.05) is 0 Å². The summed E-state index contributed by atoms with van der Waals surface area (Å²) in [4.78, 5) is 27.1. The monoisotopic (exact) mass is 534 g/mol. The zero-order chi connectivity index (χ0) is 20.5. The average Bonchev–Trinajstić information content (AvgIpc) is 3.22. The Morgan fingerprint density at radius 1 is 1.10 bits per heavy atom. The number of hydrogen-bond donors (Lipinski definition) is 3. The number of rotatable bonds is 5. The van der Waals surface area contributed by atoms with E-state index in [9.17, 15) is 14.7 Å². The number of nitrogens with zero attached hydrogens (tertiary/aromatic N) is 1. The van der Waals surface area contributed by atoms with E-state index in [-0.39, 0.29) is 11.5 Å². The van der Waals surface area contributed by atoms with E-state index in [4.69, 9.17) is 0 Å². The molecule has 0 aliphatic carbocycles. The Bertz CT molecular complexity index is 1220. The molecular formula is C20H14Br2N3O3S+. The van der Waals surface area contributed by atoms with Crippen LogP contribution in [0, 0.1) is 0 Å². The van der Waals surface area contributed by atoms with Gasteiger partial charge in [0.1, 0.15) is 17.8 Å². The van der Waals surface area contributed by atoms with E-state index in [0.29, 0.717) is 22.0 Å². The topological polar surface area (TPSA) is 86.1 Å². The molecule has 0 unspecified atom stereocenters. The quantitative estimate of drug-likeness (QED) is 0.313. The van der Waals surface area contributed by atoms with Crippen LogP contribution in [0.4, 0.5) is 5.13 Å². The predicted octanol–water partition coefficient (Wildman–Crippen LogP) is 5.04. The molecule has 2 heterocycles. The molecule has 2 aromatic carbocycles. The smallest absolute Gasteiger partial charge is 0.356 e. The van der Waals surface area contributed by atoms with Gasteiger partial charge in [-0.3, -0.25) is 0 Å². The molecular weight excluding hydrogens is 522 g/mol. The van der Waals surface area contributed by atoms with E-state index in [0.717, 1.165) is 20.3 Å². The standard InChI is InChI=1S/C20H13Br2N3O3S/c21-13-9-14(23-17(13)22)18(26)24-20-25(10-11-4-2-1-3-5-11)15-7-6-12(19(27)28)8-16(15)29-20/h1-9H,10H2,(H2,23,26,27,28)/p+1. The minimum Gasteiger partial charge on any atom is -0.478 e. The van der Waals surface area contributed by atoms with Crippen LogP contribution in [0.2, 0.25) is 0 Å². The molecule has 0 aliphatic heterocycles. The number of carboxylic acids is 1. The summed E-state index contributed by atoms with van der Waals surface area (Å²) in [5.41, 5.74) is 2.53. The predicted molar refractivity (Wildman–Crippen MR) is 119 cm³/mol. The number of aromatic carboxylic acids is 1. The van der Waals surface area contributed by atoms with Crippen molar-refractivity contribution in [1.29, 1.82) is 0 Å². The Balaban J connectivity index is 1.76. The number of carbonyl (C=O) groups excluding carboxylic acids is 1. The second-order valence-electron chi connectivity index (χ2n) is 6.27. The van der Waals surface area contributed by atoms with Crippen molar-refractivity contribution in [2.75, 3.05) is 5.32 Å². The van der Waals surface area contributed by atoms with E-state index < -0.39 is 5.97 Å².